The van der Waals surface area contributed by atoms with Gasteiger partial charge in [0.15, 0.2) is 0 Å². The summed E-state index contributed by atoms with van der Waals surface area (Å²) >= 11 is 3.12. The van der Waals surface area contributed by atoms with Gasteiger partial charge >= 0.3 is 5.97 Å². The summed E-state index contributed by atoms with van der Waals surface area (Å²) in [5, 5.41) is 10.9. The molecule has 0 amide bonds. The van der Waals surface area contributed by atoms with Crippen molar-refractivity contribution in [1.82, 2.24) is 4.98 Å². The Hall–Kier alpha value is -2.28. The fourth-order valence-electron chi connectivity index (χ4n) is 1.54. The molecule has 6 nitrogen and oxygen atoms in total. The van der Waals surface area contributed by atoms with Crippen molar-refractivity contribution in [1.29, 1.82) is 0 Å². The van der Waals surface area contributed by atoms with E-state index in [-0.39, 0.29) is 17.9 Å². The second-order valence-electron chi connectivity index (χ2n) is 3.86. The van der Waals surface area contributed by atoms with E-state index in [2.05, 4.69) is 20.9 Å². The van der Waals surface area contributed by atoms with Gasteiger partial charge in [-0.2, -0.15) is 0 Å². The zero-order valence-corrected chi connectivity index (χ0v) is 11.7. The van der Waals surface area contributed by atoms with Crippen molar-refractivity contribution in [3.63, 3.8) is 0 Å². The minimum atomic E-state index is -0.743. The number of rotatable bonds is 4. The van der Waals surface area contributed by atoms with Crippen molar-refractivity contribution in [2.75, 3.05) is 0 Å². The van der Waals surface area contributed by atoms with Crippen molar-refractivity contribution in [3.8, 4) is 0 Å². The third-order valence-corrected chi connectivity index (χ3v) is 2.96. The van der Waals surface area contributed by atoms with Crippen molar-refractivity contribution < 1.29 is 14.5 Å². The first-order valence-electron chi connectivity index (χ1n) is 5.58. The number of carbonyl (C=O) groups is 1. The Labute approximate surface area is 122 Å². The fourth-order valence-corrected chi connectivity index (χ4v) is 1.89. The zero-order valence-electron chi connectivity index (χ0n) is 10.2. The van der Waals surface area contributed by atoms with Crippen LogP contribution in [-0.4, -0.2) is 15.9 Å². The molecule has 0 saturated heterocycles. The maximum Gasteiger partial charge on any atom is 0.345 e. The number of ether oxygens (including phenoxy) is 1. The zero-order chi connectivity index (χ0) is 14.5. The molecule has 2 aromatic rings. The molecule has 0 atom stereocenters. The predicted molar refractivity (Wildman–Crippen MR) is 74.2 cm³/mol. The first-order valence-corrected chi connectivity index (χ1v) is 6.37. The van der Waals surface area contributed by atoms with Gasteiger partial charge in [0, 0.05) is 28.5 Å². The van der Waals surface area contributed by atoms with Gasteiger partial charge in [-0.1, -0.05) is 22.0 Å². The highest BCUT2D eigenvalue weighted by molar-refractivity contribution is 9.10. The van der Waals surface area contributed by atoms with E-state index in [1.807, 2.05) is 0 Å². The predicted octanol–water partition coefficient (Wildman–Crippen LogP) is 3.11. The van der Waals surface area contributed by atoms with Gasteiger partial charge < -0.3 is 4.74 Å². The van der Waals surface area contributed by atoms with Gasteiger partial charge in [-0.15, -0.1) is 0 Å². The number of esters is 1. The standard InChI is InChI=1S/C13H9BrN2O4/c14-10-3-4-11(12(6-10)16(18)19)13(17)20-8-9-2-1-5-15-7-9/h1-7H,8H2. The van der Waals surface area contributed by atoms with E-state index in [9.17, 15) is 14.9 Å². The molecule has 0 aliphatic carbocycles. The molecule has 0 saturated carbocycles. The number of hydrogen-bond acceptors (Lipinski definition) is 5. The molecular formula is C13H9BrN2O4. The maximum absolute atomic E-state index is 11.9. The lowest BCUT2D eigenvalue weighted by molar-refractivity contribution is -0.385. The van der Waals surface area contributed by atoms with Gasteiger partial charge in [-0.3, -0.25) is 15.1 Å². The van der Waals surface area contributed by atoms with Crippen LogP contribution in [0, 0.1) is 10.1 Å². The highest BCUT2D eigenvalue weighted by Crippen LogP contribution is 2.24. The molecule has 0 bridgehead atoms. The van der Waals surface area contributed by atoms with Crippen LogP contribution >= 0.6 is 15.9 Å². The first kappa shape index (κ1) is 14.1. The molecule has 0 aliphatic rings. The summed E-state index contributed by atoms with van der Waals surface area (Å²) in [5.41, 5.74) is 0.332. The first-order chi connectivity index (χ1) is 9.58. The molecule has 0 N–H and O–H groups in total. The van der Waals surface area contributed by atoms with Crippen LogP contribution in [0.3, 0.4) is 0 Å². The average molecular weight is 337 g/mol. The van der Waals surface area contributed by atoms with Crippen LogP contribution in [0.5, 0.6) is 0 Å². The second-order valence-corrected chi connectivity index (χ2v) is 4.77. The number of hydrogen-bond donors (Lipinski definition) is 0. The summed E-state index contributed by atoms with van der Waals surface area (Å²) < 4.78 is 5.57. The molecule has 20 heavy (non-hydrogen) atoms. The topological polar surface area (TPSA) is 82.3 Å². The normalized spacial score (nSPS) is 10.1. The molecule has 2 rings (SSSR count). The fraction of sp³-hybridized carbons (Fsp3) is 0.0769. The largest absolute Gasteiger partial charge is 0.457 e. The summed E-state index contributed by atoms with van der Waals surface area (Å²) in [7, 11) is 0. The van der Waals surface area contributed by atoms with E-state index in [4.69, 9.17) is 4.74 Å². The van der Waals surface area contributed by atoms with E-state index in [0.29, 0.717) is 10.0 Å². The van der Waals surface area contributed by atoms with Crippen molar-refractivity contribution in [3.05, 3.63) is 68.4 Å². The summed E-state index contributed by atoms with van der Waals surface area (Å²) in [4.78, 5) is 26.1. The number of nitrogens with zero attached hydrogens (tertiary/aromatic N) is 2. The van der Waals surface area contributed by atoms with Crippen LogP contribution in [0.25, 0.3) is 0 Å². The third-order valence-electron chi connectivity index (χ3n) is 2.47. The van der Waals surface area contributed by atoms with Gasteiger partial charge in [0.05, 0.1) is 4.92 Å². The van der Waals surface area contributed by atoms with Crippen molar-refractivity contribution in [2.24, 2.45) is 0 Å². The second kappa shape index (κ2) is 6.25. The van der Waals surface area contributed by atoms with E-state index in [1.54, 1.807) is 30.6 Å². The Morgan fingerprint density at radius 2 is 2.20 bits per heavy atom. The third kappa shape index (κ3) is 3.39. The highest BCUT2D eigenvalue weighted by atomic mass is 79.9. The van der Waals surface area contributed by atoms with Gasteiger partial charge in [-0.25, -0.2) is 4.79 Å². The number of aromatic nitrogens is 1. The van der Waals surface area contributed by atoms with Crippen LogP contribution in [0.1, 0.15) is 15.9 Å². The van der Waals surface area contributed by atoms with Crippen LogP contribution in [-0.2, 0) is 11.3 Å². The van der Waals surface area contributed by atoms with Crippen LogP contribution < -0.4 is 0 Å². The molecular weight excluding hydrogens is 328 g/mol. The quantitative estimate of drug-likeness (QED) is 0.486. The molecule has 0 radical (unpaired) electrons. The number of nitro groups is 1. The van der Waals surface area contributed by atoms with Crippen molar-refractivity contribution in [2.45, 2.75) is 6.61 Å². The van der Waals surface area contributed by atoms with E-state index in [1.165, 1.54) is 12.1 Å². The molecule has 1 aromatic heterocycles. The number of benzene rings is 1. The van der Waals surface area contributed by atoms with Gasteiger partial charge in [-0.05, 0) is 18.2 Å². The smallest absolute Gasteiger partial charge is 0.345 e. The number of nitro benzene ring substituents is 1. The van der Waals surface area contributed by atoms with Crippen molar-refractivity contribution >= 4 is 27.6 Å². The summed E-state index contributed by atoms with van der Waals surface area (Å²) in [6.45, 7) is 0.0138. The molecule has 0 aliphatic heterocycles. The van der Waals surface area contributed by atoms with E-state index >= 15 is 0 Å². The SMILES string of the molecule is O=C(OCc1cccnc1)c1ccc(Br)cc1[N+](=O)[O-]. The Morgan fingerprint density at radius 1 is 1.40 bits per heavy atom. The minimum absolute atomic E-state index is 0.0138. The maximum atomic E-state index is 11.9. The van der Waals surface area contributed by atoms with Gasteiger partial charge in [0.2, 0.25) is 0 Å². The summed E-state index contributed by atoms with van der Waals surface area (Å²) in [5.74, 6) is -0.743. The number of carbonyl (C=O) groups excluding carboxylic acids is 1. The molecule has 0 spiro atoms. The lowest BCUT2D eigenvalue weighted by atomic mass is 10.2. The molecule has 102 valence electrons. The summed E-state index contributed by atoms with van der Waals surface area (Å²) in [6, 6.07) is 7.63. The number of halogens is 1. The molecule has 0 fully saturated rings. The Balaban J connectivity index is 2.15. The lowest BCUT2D eigenvalue weighted by Crippen LogP contribution is -2.08. The van der Waals surface area contributed by atoms with E-state index in [0.717, 1.165) is 0 Å². The van der Waals surface area contributed by atoms with Gasteiger partial charge in [0.1, 0.15) is 12.2 Å². The Bertz CT molecular complexity index is 646. The lowest BCUT2D eigenvalue weighted by Gasteiger charge is -2.05. The van der Waals surface area contributed by atoms with Crippen LogP contribution in [0.4, 0.5) is 5.69 Å². The van der Waals surface area contributed by atoms with Crippen LogP contribution in [0.2, 0.25) is 0 Å². The number of pyridine rings is 1. The highest BCUT2D eigenvalue weighted by Gasteiger charge is 2.21. The minimum Gasteiger partial charge on any atom is -0.457 e. The molecule has 0 unspecified atom stereocenters. The molecule has 7 heteroatoms. The average Bonchev–Trinajstić information content (AvgIpc) is 2.45. The Morgan fingerprint density at radius 3 is 2.85 bits per heavy atom. The molecule has 1 aromatic carbocycles. The summed E-state index contributed by atoms with van der Waals surface area (Å²) in [6.07, 6.45) is 3.16. The van der Waals surface area contributed by atoms with E-state index < -0.39 is 10.9 Å². The molecule has 1 heterocycles. The monoisotopic (exact) mass is 336 g/mol. The van der Waals surface area contributed by atoms with Gasteiger partial charge in [0.25, 0.3) is 5.69 Å². The Kier molecular flexibility index (Phi) is 4.41. The van der Waals surface area contributed by atoms with Crippen LogP contribution in [0.15, 0.2) is 47.2 Å².